The number of ether oxygens (including phenoxy) is 1. The molecule has 4 rings (SSSR count). The normalized spacial score (nSPS) is 17.4. The first-order valence-corrected chi connectivity index (χ1v) is 16.5. The van der Waals surface area contributed by atoms with Crippen LogP contribution in [-0.4, -0.2) is 53.4 Å². The average Bonchev–Trinajstić information content (AvgIpc) is 3.41. The number of hydrogen-bond acceptors (Lipinski definition) is 8. The van der Waals surface area contributed by atoms with Gasteiger partial charge in [-0.15, -0.1) is 11.3 Å². The van der Waals surface area contributed by atoms with E-state index in [1.165, 1.54) is 17.4 Å². The van der Waals surface area contributed by atoms with Gasteiger partial charge in [-0.05, 0) is 84.6 Å². The van der Waals surface area contributed by atoms with Gasteiger partial charge in [0.25, 0.3) is 0 Å². The smallest absolute Gasteiger partial charge is 0.412 e. The number of sulfonamides is 1. The van der Waals surface area contributed by atoms with Gasteiger partial charge in [0.1, 0.15) is 0 Å². The van der Waals surface area contributed by atoms with Crippen LogP contribution in [0.5, 0.6) is 0 Å². The number of carboxylic acid groups (broad SMARTS) is 1. The highest BCUT2D eigenvalue weighted by Crippen LogP contribution is 2.40. The molecule has 2 heterocycles. The van der Waals surface area contributed by atoms with Gasteiger partial charge in [-0.25, -0.2) is 27.7 Å². The molecule has 1 aromatic carbocycles. The topological polar surface area (TPSA) is 151 Å². The monoisotopic (exact) mass is 629 g/mol. The molecule has 1 fully saturated rings. The molecule has 1 aliphatic carbocycles. The minimum atomic E-state index is -4.05. The van der Waals surface area contributed by atoms with Crippen LogP contribution in [0.4, 0.5) is 15.3 Å². The van der Waals surface area contributed by atoms with E-state index in [0.717, 1.165) is 35.6 Å². The molecule has 2 aromatic heterocycles. The zero-order chi connectivity index (χ0) is 31.4. The standard InChI is InChI=1S/C30H39N5O6S2/c1-19(2)41-28(36)33-21-11-9-20(10-12-21)27-32-17-25(42-27)24-14-13-23(16-26(24)43(39,40)34-30(3,4)5)35(29(37)38)18-22-8-6-7-15-31-22/h6-8,13-17,19-21,34H,9-12,18H2,1-5H3,(H,33,36)(H,37,38)/t20-,21-. The van der Waals surface area contributed by atoms with Crippen LogP contribution in [-0.2, 0) is 21.3 Å². The second-order valence-corrected chi connectivity index (χ2v) is 14.6. The molecule has 43 heavy (non-hydrogen) atoms. The Morgan fingerprint density at radius 1 is 1.12 bits per heavy atom. The third-order valence-electron chi connectivity index (χ3n) is 6.81. The number of nitrogens with zero attached hydrogens (tertiary/aromatic N) is 3. The molecule has 0 aliphatic heterocycles. The Labute approximate surface area is 256 Å². The summed E-state index contributed by atoms with van der Waals surface area (Å²) in [6, 6.07) is 9.89. The molecule has 2 amide bonds. The number of hydrogen-bond donors (Lipinski definition) is 3. The van der Waals surface area contributed by atoms with Gasteiger partial charge < -0.3 is 15.2 Å². The molecule has 1 aliphatic rings. The number of thiazole rings is 1. The molecule has 0 radical (unpaired) electrons. The van der Waals surface area contributed by atoms with Crippen molar-refractivity contribution >= 4 is 39.2 Å². The van der Waals surface area contributed by atoms with Gasteiger partial charge in [0.05, 0.1) is 33.1 Å². The molecule has 11 nitrogen and oxygen atoms in total. The summed E-state index contributed by atoms with van der Waals surface area (Å²) in [6.07, 6.45) is 4.68. The lowest BCUT2D eigenvalue weighted by atomic mass is 9.86. The Balaban J connectivity index is 1.62. The molecule has 0 bridgehead atoms. The third-order valence-corrected chi connectivity index (χ3v) is 9.81. The predicted molar refractivity (Wildman–Crippen MR) is 166 cm³/mol. The number of carbonyl (C=O) groups excluding carboxylic acids is 1. The van der Waals surface area contributed by atoms with Crippen LogP contribution in [0.1, 0.15) is 76.9 Å². The number of pyridine rings is 1. The lowest BCUT2D eigenvalue weighted by molar-refractivity contribution is 0.109. The fourth-order valence-electron chi connectivity index (χ4n) is 4.99. The third kappa shape index (κ3) is 8.74. The van der Waals surface area contributed by atoms with Crippen molar-refractivity contribution in [1.29, 1.82) is 0 Å². The largest absolute Gasteiger partial charge is 0.465 e. The van der Waals surface area contributed by atoms with Gasteiger partial charge in [-0.1, -0.05) is 12.1 Å². The van der Waals surface area contributed by atoms with E-state index in [2.05, 4.69) is 20.0 Å². The molecule has 3 N–H and O–H groups in total. The van der Waals surface area contributed by atoms with Crippen molar-refractivity contribution in [3.05, 3.63) is 59.5 Å². The zero-order valence-electron chi connectivity index (χ0n) is 25.0. The van der Waals surface area contributed by atoms with Crippen LogP contribution in [0.3, 0.4) is 0 Å². The number of benzene rings is 1. The molecule has 3 aromatic rings. The van der Waals surface area contributed by atoms with E-state index in [1.54, 1.807) is 63.5 Å². The van der Waals surface area contributed by atoms with Crippen molar-refractivity contribution in [2.24, 2.45) is 0 Å². The highest BCUT2D eigenvalue weighted by molar-refractivity contribution is 7.89. The maximum atomic E-state index is 13.7. The van der Waals surface area contributed by atoms with Crippen LogP contribution in [0, 0.1) is 0 Å². The number of anilines is 1. The second kappa shape index (κ2) is 13.4. The fraction of sp³-hybridized carbons (Fsp3) is 0.467. The summed E-state index contributed by atoms with van der Waals surface area (Å²) in [4.78, 5) is 34.8. The molecule has 0 atom stereocenters. The molecule has 232 valence electrons. The molecular weight excluding hydrogens is 590 g/mol. The van der Waals surface area contributed by atoms with Crippen molar-refractivity contribution in [3.8, 4) is 10.4 Å². The predicted octanol–water partition coefficient (Wildman–Crippen LogP) is 6.13. The Morgan fingerprint density at radius 2 is 1.84 bits per heavy atom. The highest BCUT2D eigenvalue weighted by Gasteiger charge is 2.30. The van der Waals surface area contributed by atoms with Crippen molar-refractivity contribution in [2.45, 2.75) is 95.3 Å². The quantitative estimate of drug-likeness (QED) is 0.256. The summed E-state index contributed by atoms with van der Waals surface area (Å²) in [7, 11) is -4.05. The van der Waals surface area contributed by atoms with Gasteiger partial charge in [-0.2, -0.15) is 0 Å². The number of amides is 2. The van der Waals surface area contributed by atoms with E-state index >= 15 is 0 Å². The first kappa shape index (κ1) is 32.4. The highest BCUT2D eigenvalue weighted by atomic mass is 32.2. The summed E-state index contributed by atoms with van der Waals surface area (Å²) >= 11 is 1.43. The zero-order valence-corrected chi connectivity index (χ0v) is 26.7. The van der Waals surface area contributed by atoms with E-state index in [-0.39, 0.29) is 35.2 Å². The van der Waals surface area contributed by atoms with Gasteiger partial charge in [0.2, 0.25) is 10.0 Å². The first-order chi connectivity index (χ1) is 20.2. The average molecular weight is 630 g/mol. The molecular formula is C30H39N5O6S2. The summed E-state index contributed by atoms with van der Waals surface area (Å²) in [5, 5.41) is 13.8. The fourth-order valence-corrected chi connectivity index (χ4v) is 7.84. The summed E-state index contributed by atoms with van der Waals surface area (Å²) in [5.74, 6) is 0.186. The molecule has 13 heteroatoms. The molecule has 1 saturated carbocycles. The SMILES string of the molecule is CC(C)OC(=O)N[C@H]1CC[C@H](c2ncc(-c3ccc(N(Cc4ccccn4)C(=O)O)cc3S(=O)(=O)NC(C)(C)C)s2)CC1. The van der Waals surface area contributed by atoms with Crippen LogP contribution in [0.15, 0.2) is 53.7 Å². The Bertz CT molecular complexity index is 1530. The van der Waals surface area contributed by atoms with E-state index in [0.29, 0.717) is 16.1 Å². The Morgan fingerprint density at radius 3 is 2.44 bits per heavy atom. The lowest BCUT2D eigenvalue weighted by Gasteiger charge is -2.28. The van der Waals surface area contributed by atoms with E-state index in [1.807, 2.05) is 13.8 Å². The number of carbonyl (C=O) groups is 2. The van der Waals surface area contributed by atoms with E-state index < -0.39 is 27.7 Å². The van der Waals surface area contributed by atoms with Gasteiger partial charge in [0.15, 0.2) is 0 Å². The van der Waals surface area contributed by atoms with Crippen LogP contribution in [0.25, 0.3) is 10.4 Å². The summed E-state index contributed by atoms with van der Waals surface area (Å²) < 4.78 is 35.3. The van der Waals surface area contributed by atoms with Crippen molar-refractivity contribution < 1.29 is 27.9 Å². The van der Waals surface area contributed by atoms with Crippen LogP contribution in [0.2, 0.25) is 0 Å². The van der Waals surface area contributed by atoms with E-state index in [4.69, 9.17) is 4.74 Å². The minimum Gasteiger partial charge on any atom is -0.465 e. The lowest BCUT2D eigenvalue weighted by Crippen LogP contribution is -2.40. The maximum absolute atomic E-state index is 13.7. The number of nitrogens with one attached hydrogen (secondary N) is 2. The van der Waals surface area contributed by atoms with Gasteiger partial charge in [-0.3, -0.25) is 9.88 Å². The number of alkyl carbamates (subject to hydrolysis) is 1. The second-order valence-electron chi connectivity index (χ2n) is 11.9. The number of rotatable bonds is 9. The maximum Gasteiger partial charge on any atom is 0.412 e. The van der Waals surface area contributed by atoms with E-state index in [9.17, 15) is 23.1 Å². The molecule has 0 saturated heterocycles. The van der Waals surface area contributed by atoms with Crippen molar-refractivity contribution in [3.63, 3.8) is 0 Å². The van der Waals surface area contributed by atoms with Crippen molar-refractivity contribution in [1.82, 2.24) is 20.0 Å². The summed E-state index contributed by atoms with van der Waals surface area (Å²) in [5.41, 5.74) is 0.418. The number of aromatic nitrogens is 2. The van der Waals surface area contributed by atoms with Crippen molar-refractivity contribution in [2.75, 3.05) is 4.90 Å². The van der Waals surface area contributed by atoms with Crippen LogP contribution >= 0.6 is 11.3 Å². The Kier molecular flexibility index (Phi) is 10.1. The first-order valence-electron chi connectivity index (χ1n) is 14.2. The Hall–Kier alpha value is -3.55. The molecule has 0 unspecified atom stereocenters. The van der Waals surface area contributed by atoms with Gasteiger partial charge in [0, 0.05) is 41.1 Å². The van der Waals surface area contributed by atoms with Crippen LogP contribution < -0.4 is 14.9 Å². The summed E-state index contributed by atoms with van der Waals surface area (Å²) in [6.45, 7) is 8.82. The molecule has 0 spiro atoms. The van der Waals surface area contributed by atoms with Gasteiger partial charge >= 0.3 is 12.2 Å². The minimum absolute atomic E-state index is 0.0287.